The summed E-state index contributed by atoms with van der Waals surface area (Å²) in [6, 6.07) is 7.11. The molecule has 0 radical (unpaired) electrons. The van der Waals surface area contributed by atoms with Gasteiger partial charge in [0.1, 0.15) is 0 Å². The molecular weight excluding hydrogens is 374 g/mol. The second kappa shape index (κ2) is 8.89. The van der Waals surface area contributed by atoms with Gasteiger partial charge in [0.25, 0.3) is 11.8 Å². The summed E-state index contributed by atoms with van der Waals surface area (Å²) in [7, 11) is 1.46. The standard InChI is InChI=1S/C21H27N3O5/c1-14-15-8-6-7-9-16(15)20(28)24(14)11-10-19(27)29-13-18(26)23(5)12-17(25)22-21(2,3)4/h6-9H,1,10-13H2,2-5H3,(H,22,25). The maximum absolute atomic E-state index is 12.4. The van der Waals surface area contributed by atoms with Gasteiger partial charge in [0.05, 0.1) is 13.0 Å². The van der Waals surface area contributed by atoms with Gasteiger partial charge in [-0.25, -0.2) is 0 Å². The Bertz CT molecular complexity index is 806. The topological polar surface area (TPSA) is 96.0 Å². The molecule has 0 aliphatic carbocycles. The van der Waals surface area contributed by atoms with Crippen molar-refractivity contribution >= 4 is 29.4 Å². The van der Waals surface area contributed by atoms with E-state index in [2.05, 4.69) is 11.9 Å². The first kappa shape index (κ1) is 22.1. The molecule has 0 atom stereocenters. The number of hydrogen-bond donors (Lipinski definition) is 1. The van der Waals surface area contributed by atoms with Crippen molar-refractivity contribution < 1.29 is 23.9 Å². The molecule has 1 aliphatic rings. The Kier molecular flexibility index (Phi) is 6.79. The SMILES string of the molecule is C=C1c2ccccc2C(=O)N1CCC(=O)OCC(=O)N(C)CC(=O)NC(C)(C)C. The number of amides is 3. The number of carbonyl (C=O) groups excluding carboxylic acids is 4. The monoisotopic (exact) mass is 401 g/mol. The summed E-state index contributed by atoms with van der Waals surface area (Å²) in [5.74, 6) is -1.61. The Labute approximate surface area is 170 Å². The summed E-state index contributed by atoms with van der Waals surface area (Å²) in [5.41, 5.74) is 1.44. The van der Waals surface area contributed by atoms with Crippen LogP contribution in [-0.4, -0.2) is 65.8 Å². The van der Waals surface area contributed by atoms with E-state index in [0.29, 0.717) is 11.3 Å². The molecule has 2 rings (SSSR count). The van der Waals surface area contributed by atoms with Crippen LogP contribution in [-0.2, 0) is 19.1 Å². The van der Waals surface area contributed by atoms with Gasteiger partial charge in [-0.3, -0.25) is 19.2 Å². The molecule has 0 saturated heterocycles. The minimum Gasteiger partial charge on any atom is -0.456 e. The van der Waals surface area contributed by atoms with Crippen LogP contribution in [0.3, 0.4) is 0 Å². The predicted octanol–water partition coefficient (Wildman–Crippen LogP) is 1.42. The van der Waals surface area contributed by atoms with Crippen LogP contribution < -0.4 is 5.32 Å². The number of benzene rings is 1. The van der Waals surface area contributed by atoms with Crippen LogP contribution >= 0.6 is 0 Å². The zero-order valence-corrected chi connectivity index (χ0v) is 17.3. The lowest BCUT2D eigenvalue weighted by Crippen LogP contribution is -2.46. The normalized spacial score (nSPS) is 13.2. The van der Waals surface area contributed by atoms with E-state index in [1.807, 2.05) is 26.8 Å². The number of likely N-dealkylation sites (N-methyl/N-ethyl adjacent to an activating group) is 1. The van der Waals surface area contributed by atoms with Crippen molar-refractivity contribution in [1.82, 2.24) is 15.1 Å². The Hall–Kier alpha value is -3.16. The van der Waals surface area contributed by atoms with Crippen molar-refractivity contribution in [3.8, 4) is 0 Å². The van der Waals surface area contributed by atoms with Gasteiger partial charge >= 0.3 is 5.97 Å². The molecule has 0 saturated carbocycles. The summed E-state index contributed by atoms with van der Waals surface area (Å²) in [6.07, 6.45) is -0.0692. The van der Waals surface area contributed by atoms with Crippen LogP contribution in [0.2, 0.25) is 0 Å². The van der Waals surface area contributed by atoms with Gasteiger partial charge in [0.2, 0.25) is 5.91 Å². The Morgan fingerprint density at radius 3 is 2.38 bits per heavy atom. The second-order valence-electron chi connectivity index (χ2n) is 7.91. The molecule has 1 heterocycles. The van der Waals surface area contributed by atoms with Gasteiger partial charge < -0.3 is 19.9 Å². The highest BCUT2D eigenvalue weighted by molar-refractivity contribution is 6.08. The molecule has 0 aromatic heterocycles. The lowest BCUT2D eigenvalue weighted by atomic mass is 10.1. The number of nitrogens with zero attached hydrogens (tertiary/aromatic N) is 2. The van der Waals surface area contributed by atoms with Crippen molar-refractivity contribution in [1.29, 1.82) is 0 Å². The number of hydrogen-bond acceptors (Lipinski definition) is 5. The van der Waals surface area contributed by atoms with E-state index in [0.717, 1.165) is 5.56 Å². The van der Waals surface area contributed by atoms with Crippen LogP contribution in [0.1, 0.15) is 43.1 Å². The first-order chi connectivity index (χ1) is 13.5. The molecule has 0 bridgehead atoms. The number of rotatable bonds is 7. The first-order valence-electron chi connectivity index (χ1n) is 9.30. The molecule has 29 heavy (non-hydrogen) atoms. The van der Waals surface area contributed by atoms with E-state index in [1.165, 1.54) is 16.8 Å². The number of nitrogens with one attached hydrogen (secondary N) is 1. The van der Waals surface area contributed by atoms with Gasteiger partial charge in [0, 0.05) is 36.0 Å². The van der Waals surface area contributed by atoms with Crippen molar-refractivity contribution in [3.05, 3.63) is 42.0 Å². The van der Waals surface area contributed by atoms with Gasteiger partial charge in [-0.15, -0.1) is 0 Å². The maximum Gasteiger partial charge on any atom is 0.308 e. The minimum atomic E-state index is -0.609. The zero-order chi connectivity index (χ0) is 21.8. The fourth-order valence-corrected chi connectivity index (χ4v) is 2.86. The number of fused-ring (bicyclic) bond motifs is 1. The smallest absolute Gasteiger partial charge is 0.308 e. The summed E-state index contributed by atoms with van der Waals surface area (Å²) in [5, 5.41) is 2.75. The summed E-state index contributed by atoms with van der Waals surface area (Å²) in [4.78, 5) is 50.9. The van der Waals surface area contributed by atoms with E-state index < -0.39 is 24.0 Å². The van der Waals surface area contributed by atoms with Crippen LogP contribution in [0, 0.1) is 0 Å². The molecular formula is C21H27N3O5. The van der Waals surface area contributed by atoms with Crippen molar-refractivity contribution in [2.45, 2.75) is 32.7 Å². The van der Waals surface area contributed by atoms with E-state index in [-0.39, 0.29) is 31.3 Å². The Morgan fingerprint density at radius 2 is 1.79 bits per heavy atom. The summed E-state index contributed by atoms with van der Waals surface area (Å²) >= 11 is 0. The first-order valence-corrected chi connectivity index (χ1v) is 9.30. The number of carbonyl (C=O) groups is 4. The third kappa shape index (κ3) is 5.91. The molecule has 3 amide bonds. The molecule has 1 aromatic rings. The van der Waals surface area contributed by atoms with Crippen molar-refractivity contribution in [3.63, 3.8) is 0 Å². The van der Waals surface area contributed by atoms with Gasteiger partial charge in [-0.05, 0) is 26.8 Å². The highest BCUT2D eigenvalue weighted by Gasteiger charge is 2.30. The maximum atomic E-state index is 12.4. The molecule has 1 aliphatic heterocycles. The number of ether oxygens (including phenoxy) is 1. The largest absolute Gasteiger partial charge is 0.456 e. The lowest BCUT2D eigenvalue weighted by Gasteiger charge is -2.23. The molecule has 156 valence electrons. The van der Waals surface area contributed by atoms with Crippen LogP contribution in [0.15, 0.2) is 30.8 Å². The molecule has 8 nitrogen and oxygen atoms in total. The van der Waals surface area contributed by atoms with E-state index in [9.17, 15) is 19.2 Å². The zero-order valence-electron chi connectivity index (χ0n) is 17.3. The van der Waals surface area contributed by atoms with Crippen molar-refractivity contribution in [2.75, 3.05) is 26.7 Å². The quantitative estimate of drug-likeness (QED) is 0.697. The Morgan fingerprint density at radius 1 is 1.17 bits per heavy atom. The molecule has 8 heteroatoms. The predicted molar refractivity (Wildman–Crippen MR) is 108 cm³/mol. The third-order valence-corrected chi connectivity index (χ3v) is 4.26. The minimum absolute atomic E-state index is 0.0692. The van der Waals surface area contributed by atoms with Crippen molar-refractivity contribution in [2.24, 2.45) is 0 Å². The average Bonchev–Trinajstić information content (AvgIpc) is 2.87. The van der Waals surface area contributed by atoms with Crippen LogP contribution in [0.5, 0.6) is 0 Å². The molecule has 0 fully saturated rings. The highest BCUT2D eigenvalue weighted by atomic mass is 16.5. The third-order valence-electron chi connectivity index (χ3n) is 4.26. The molecule has 1 aromatic carbocycles. The molecule has 1 N–H and O–H groups in total. The summed E-state index contributed by atoms with van der Waals surface area (Å²) < 4.78 is 4.99. The van der Waals surface area contributed by atoms with E-state index in [4.69, 9.17) is 4.74 Å². The fourth-order valence-electron chi connectivity index (χ4n) is 2.86. The summed E-state index contributed by atoms with van der Waals surface area (Å²) in [6.45, 7) is 8.95. The average molecular weight is 401 g/mol. The van der Waals surface area contributed by atoms with Gasteiger partial charge in [-0.1, -0.05) is 24.8 Å². The lowest BCUT2D eigenvalue weighted by molar-refractivity contribution is -0.152. The van der Waals surface area contributed by atoms with Crippen LogP contribution in [0.25, 0.3) is 5.70 Å². The van der Waals surface area contributed by atoms with Crippen LogP contribution in [0.4, 0.5) is 0 Å². The van der Waals surface area contributed by atoms with Gasteiger partial charge in [0.15, 0.2) is 6.61 Å². The van der Waals surface area contributed by atoms with E-state index >= 15 is 0 Å². The van der Waals surface area contributed by atoms with E-state index in [1.54, 1.807) is 18.2 Å². The fraction of sp³-hybridized carbons (Fsp3) is 0.429. The number of esters is 1. The Balaban J connectivity index is 1.76. The highest BCUT2D eigenvalue weighted by Crippen LogP contribution is 2.31. The second-order valence-corrected chi connectivity index (χ2v) is 7.91. The molecule has 0 spiro atoms. The molecule has 0 unspecified atom stereocenters. The van der Waals surface area contributed by atoms with Gasteiger partial charge in [-0.2, -0.15) is 0 Å².